The molecule has 0 saturated heterocycles. The van der Waals surface area contributed by atoms with E-state index in [1.54, 1.807) is 24.4 Å². The molecular formula is C15H12ClN3O2. The van der Waals surface area contributed by atoms with Gasteiger partial charge in [-0.2, -0.15) is 9.78 Å². The number of fused-ring (bicyclic) bond motifs is 1. The maximum absolute atomic E-state index is 12.4. The number of benzene rings is 2. The maximum atomic E-state index is 12.4. The van der Waals surface area contributed by atoms with Crippen LogP contribution < -0.4 is 10.1 Å². The van der Waals surface area contributed by atoms with Gasteiger partial charge in [-0.3, -0.25) is 0 Å². The lowest BCUT2D eigenvalue weighted by Gasteiger charge is -2.10. The molecule has 1 aromatic heterocycles. The van der Waals surface area contributed by atoms with Crippen molar-refractivity contribution >= 4 is 34.2 Å². The summed E-state index contributed by atoms with van der Waals surface area (Å²) in [5.74, 6) is 0.532. The van der Waals surface area contributed by atoms with Gasteiger partial charge in [-0.1, -0.05) is 29.8 Å². The van der Waals surface area contributed by atoms with Crippen LogP contribution in [0.5, 0.6) is 5.75 Å². The van der Waals surface area contributed by atoms with Gasteiger partial charge in [0.25, 0.3) is 0 Å². The number of carbonyl (C=O) groups excluding carboxylic acids is 1. The van der Waals surface area contributed by atoms with E-state index in [-0.39, 0.29) is 6.03 Å². The van der Waals surface area contributed by atoms with E-state index in [1.807, 2.05) is 24.3 Å². The van der Waals surface area contributed by atoms with E-state index >= 15 is 0 Å². The molecule has 0 aliphatic rings. The molecule has 0 aliphatic heterocycles. The number of methoxy groups -OCH3 is 1. The predicted molar refractivity (Wildman–Crippen MR) is 82.2 cm³/mol. The Morgan fingerprint density at radius 1 is 1.29 bits per heavy atom. The molecule has 6 heteroatoms. The van der Waals surface area contributed by atoms with Gasteiger partial charge in [0, 0.05) is 10.4 Å². The second-order valence-corrected chi connectivity index (χ2v) is 4.83. The summed E-state index contributed by atoms with van der Waals surface area (Å²) in [6, 6.07) is 12.1. The molecule has 5 nitrogen and oxygen atoms in total. The predicted octanol–water partition coefficient (Wildman–Crippen LogP) is 3.78. The lowest BCUT2D eigenvalue weighted by Crippen LogP contribution is -2.20. The zero-order valence-electron chi connectivity index (χ0n) is 11.2. The number of aromatic nitrogens is 2. The number of nitrogens with zero attached hydrogens (tertiary/aromatic N) is 2. The van der Waals surface area contributed by atoms with E-state index in [2.05, 4.69) is 10.4 Å². The summed E-state index contributed by atoms with van der Waals surface area (Å²) >= 11 is 5.95. The minimum atomic E-state index is -0.378. The summed E-state index contributed by atoms with van der Waals surface area (Å²) in [6.45, 7) is 0. The third-order valence-corrected chi connectivity index (χ3v) is 3.31. The van der Waals surface area contributed by atoms with Gasteiger partial charge in [-0.15, -0.1) is 0 Å². The number of ether oxygens (including phenoxy) is 1. The summed E-state index contributed by atoms with van der Waals surface area (Å²) in [5.41, 5.74) is 1.23. The van der Waals surface area contributed by atoms with Crippen molar-refractivity contribution in [3.8, 4) is 5.75 Å². The van der Waals surface area contributed by atoms with E-state index in [0.29, 0.717) is 16.5 Å². The molecule has 3 rings (SSSR count). The van der Waals surface area contributed by atoms with Crippen LogP contribution in [-0.4, -0.2) is 22.9 Å². The first-order valence-corrected chi connectivity index (χ1v) is 6.64. The van der Waals surface area contributed by atoms with Gasteiger partial charge in [-0.05, 0) is 24.3 Å². The second kappa shape index (κ2) is 5.46. The third kappa shape index (κ3) is 2.55. The summed E-state index contributed by atoms with van der Waals surface area (Å²) < 4.78 is 6.50. The summed E-state index contributed by atoms with van der Waals surface area (Å²) in [5, 5.41) is 8.25. The number of rotatable bonds is 2. The Morgan fingerprint density at radius 3 is 2.90 bits per heavy atom. The number of hydrogen-bond donors (Lipinski definition) is 1. The minimum Gasteiger partial charge on any atom is -0.495 e. The fourth-order valence-electron chi connectivity index (χ4n) is 2.08. The van der Waals surface area contributed by atoms with Gasteiger partial charge >= 0.3 is 6.03 Å². The zero-order chi connectivity index (χ0) is 14.8. The van der Waals surface area contributed by atoms with Crippen LogP contribution in [0.15, 0.2) is 48.7 Å². The van der Waals surface area contributed by atoms with Crippen LogP contribution in [0.25, 0.3) is 10.9 Å². The van der Waals surface area contributed by atoms with Gasteiger partial charge in [-0.25, -0.2) is 4.79 Å². The first-order chi connectivity index (χ1) is 10.2. The highest BCUT2D eigenvalue weighted by Gasteiger charge is 2.13. The quantitative estimate of drug-likeness (QED) is 0.783. The molecule has 1 N–H and O–H groups in total. The Balaban J connectivity index is 1.95. The average Bonchev–Trinajstić information content (AvgIpc) is 2.91. The van der Waals surface area contributed by atoms with Crippen LogP contribution in [0.2, 0.25) is 5.02 Å². The number of nitrogens with one attached hydrogen (secondary N) is 1. The van der Waals surface area contributed by atoms with Crippen molar-refractivity contribution in [3.63, 3.8) is 0 Å². The summed E-state index contributed by atoms with van der Waals surface area (Å²) in [7, 11) is 1.53. The first-order valence-electron chi connectivity index (χ1n) is 6.26. The fraction of sp³-hybridized carbons (Fsp3) is 0.0667. The highest BCUT2D eigenvalue weighted by atomic mass is 35.5. The standard InChI is InChI=1S/C15H12ClN3O2/c1-21-14-7-6-11(16)8-12(14)18-15(20)19-13-5-3-2-4-10(13)9-17-19/h2-9H,1H3,(H,18,20). The molecule has 3 aromatic rings. The van der Waals surface area contributed by atoms with Crippen LogP contribution in [0.1, 0.15) is 0 Å². The number of halogens is 1. The Kier molecular flexibility index (Phi) is 3.50. The molecule has 0 aliphatic carbocycles. The molecule has 0 fully saturated rings. The lowest BCUT2D eigenvalue weighted by molar-refractivity contribution is 0.251. The summed E-state index contributed by atoms with van der Waals surface area (Å²) in [4.78, 5) is 12.4. The van der Waals surface area contributed by atoms with E-state index in [0.717, 1.165) is 10.9 Å². The molecule has 2 aromatic carbocycles. The molecule has 0 saturated carbocycles. The van der Waals surface area contributed by atoms with Crippen molar-refractivity contribution < 1.29 is 9.53 Å². The number of carbonyl (C=O) groups is 1. The number of amides is 1. The zero-order valence-corrected chi connectivity index (χ0v) is 12.0. The minimum absolute atomic E-state index is 0.378. The van der Waals surface area contributed by atoms with Crippen molar-refractivity contribution in [2.75, 3.05) is 12.4 Å². The van der Waals surface area contributed by atoms with E-state index in [9.17, 15) is 4.79 Å². The number of para-hydroxylation sites is 1. The number of anilines is 1. The molecule has 1 amide bonds. The van der Waals surface area contributed by atoms with Gasteiger partial charge in [0.2, 0.25) is 0 Å². The van der Waals surface area contributed by atoms with Crippen molar-refractivity contribution in [1.29, 1.82) is 0 Å². The normalized spacial score (nSPS) is 10.6. The Labute approximate surface area is 126 Å². The fourth-order valence-corrected chi connectivity index (χ4v) is 2.25. The number of hydrogen-bond acceptors (Lipinski definition) is 3. The van der Waals surface area contributed by atoms with Crippen LogP contribution in [0.3, 0.4) is 0 Å². The molecule has 0 spiro atoms. The van der Waals surface area contributed by atoms with Gasteiger partial charge in [0.1, 0.15) is 5.75 Å². The molecule has 0 unspecified atom stereocenters. The molecule has 0 bridgehead atoms. The second-order valence-electron chi connectivity index (χ2n) is 4.39. The van der Waals surface area contributed by atoms with Crippen molar-refractivity contribution in [3.05, 3.63) is 53.7 Å². The smallest absolute Gasteiger partial charge is 0.347 e. The van der Waals surface area contributed by atoms with Gasteiger partial charge in [0.15, 0.2) is 0 Å². The van der Waals surface area contributed by atoms with Crippen molar-refractivity contribution in [2.24, 2.45) is 0 Å². The Morgan fingerprint density at radius 2 is 2.10 bits per heavy atom. The molecule has 0 atom stereocenters. The van der Waals surface area contributed by atoms with Gasteiger partial charge in [0.05, 0.1) is 24.5 Å². The topological polar surface area (TPSA) is 56.1 Å². The van der Waals surface area contributed by atoms with Crippen LogP contribution in [0.4, 0.5) is 10.5 Å². The first kappa shape index (κ1) is 13.5. The molecular weight excluding hydrogens is 290 g/mol. The Bertz CT molecular complexity index is 814. The lowest BCUT2D eigenvalue weighted by atomic mass is 10.2. The molecule has 0 radical (unpaired) electrons. The summed E-state index contributed by atoms with van der Waals surface area (Å²) in [6.07, 6.45) is 1.64. The van der Waals surface area contributed by atoms with Crippen molar-refractivity contribution in [1.82, 2.24) is 9.78 Å². The van der Waals surface area contributed by atoms with Crippen LogP contribution in [0, 0.1) is 0 Å². The molecule has 1 heterocycles. The highest BCUT2D eigenvalue weighted by Crippen LogP contribution is 2.28. The molecule has 21 heavy (non-hydrogen) atoms. The van der Waals surface area contributed by atoms with Gasteiger partial charge < -0.3 is 10.1 Å². The average molecular weight is 302 g/mol. The third-order valence-electron chi connectivity index (χ3n) is 3.07. The van der Waals surface area contributed by atoms with Crippen molar-refractivity contribution in [2.45, 2.75) is 0 Å². The highest BCUT2D eigenvalue weighted by molar-refractivity contribution is 6.31. The molecule has 106 valence electrons. The monoisotopic (exact) mass is 301 g/mol. The SMILES string of the molecule is COc1ccc(Cl)cc1NC(=O)n1ncc2ccccc21. The Hall–Kier alpha value is -2.53. The van der Waals surface area contributed by atoms with E-state index < -0.39 is 0 Å². The maximum Gasteiger partial charge on any atom is 0.347 e. The largest absolute Gasteiger partial charge is 0.495 e. The van der Waals surface area contributed by atoms with E-state index in [1.165, 1.54) is 11.8 Å². The van der Waals surface area contributed by atoms with E-state index in [4.69, 9.17) is 16.3 Å². The van der Waals surface area contributed by atoms with Crippen LogP contribution in [-0.2, 0) is 0 Å². The van der Waals surface area contributed by atoms with Crippen LogP contribution >= 0.6 is 11.6 Å².